The Bertz CT molecular complexity index is 268. The normalized spacial score (nSPS) is 15.9. The molecule has 20 heavy (non-hydrogen) atoms. The van der Waals surface area contributed by atoms with Crippen molar-refractivity contribution in [2.45, 2.75) is 71.9 Å². The second-order valence-corrected chi connectivity index (χ2v) is 6.07. The first kappa shape index (κ1) is 19.4. The molecule has 0 aliphatic rings. The van der Waals surface area contributed by atoms with Crippen LogP contribution in [0.3, 0.4) is 0 Å². The first-order valence-electron chi connectivity index (χ1n) is 7.83. The van der Waals surface area contributed by atoms with Crippen molar-refractivity contribution >= 4 is 5.97 Å². The van der Waals surface area contributed by atoms with E-state index in [0.29, 0.717) is 18.6 Å². The zero-order chi connectivity index (χ0) is 15.6. The van der Waals surface area contributed by atoms with E-state index in [-0.39, 0.29) is 5.97 Å². The minimum Gasteiger partial charge on any atom is -0.465 e. The molecule has 0 heterocycles. The van der Waals surface area contributed by atoms with Crippen molar-refractivity contribution in [2.24, 2.45) is 5.92 Å². The summed E-state index contributed by atoms with van der Waals surface area (Å²) in [6.45, 7) is 11.4. The van der Waals surface area contributed by atoms with E-state index in [4.69, 9.17) is 9.47 Å². The predicted molar refractivity (Wildman–Crippen MR) is 82.8 cm³/mol. The van der Waals surface area contributed by atoms with Crippen molar-refractivity contribution in [3.8, 4) is 0 Å². The standard InChI is InChI=1S/C16H33NO3/c1-7-19-15(18)16(5,17-6)10-8-9-11-20-14(4)12-13(2)3/h13-14,17H,7-12H2,1-6H3. The molecule has 120 valence electrons. The first-order valence-corrected chi connectivity index (χ1v) is 7.83. The van der Waals surface area contributed by atoms with Crippen LogP contribution in [0.15, 0.2) is 0 Å². The molecule has 0 fully saturated rings. The van der Waals surface area contributed by atoms with Crippen molar-refractivity contribution in [3.63, 3.8) is 0 Å². The molecule has 2 unspecified atom stereocenters. The lowest BCUT2D eigenvalue weighted by Crippen LogP contribution is -2.48. The van der Waals surface area contributed by atoms with Crippen LogP contribution >= 0.6 is 0 Å². The average Bonchev–Trinajstić information content (AvgIpc) is 2.37. The highest BCUT2D eigenvalue weighted by molar-refractivity contribution is 5.80. The monoisotopic (exact) mass is 287 g/mol. The largest absolute Gasteiger partial charge is 0.465 e. The summed E-state index contributed by atoms with van der Waals surface area (Å²) in [6.07, 6.45) is 4.10. The van der Waals surface area contributed by atoms with Crippen molar-refractivity contribution in [2.75, 3.05) is 20.3 Å². The number of ether oxygens (including phenoxy) is 2. The smallest absolute Gasteiger partial charge is 0.326 e. The van der Waals surface area contributed by atoms with Crippen LogP contribution in [-0.4, -0.2) is 37.9 Å². The van der Waals surface area contributed by atoms with Crippen LogP contribution in [0.1, 0.15) is 60.3 Å². The number of unbranched alkanes of at least 4 members (excludes halogenated alkanes) is 1. The summed E-state index contributed by atoms with van der Waals surface area (Å²) in [5.74, 6) is 0.498. The summed E-state index contributed by atoms with van der Waals surface area (Å²) in [4.78, 5) is 11.9. The molecule has 0 saturated carbocycles. The molecule has 0 rings (SSSR count). The Morgan fingerprint density at radius 1 is 1.25 bits per heavy atom. The van der Waals surface area contributed by atoms with Crippen LogP contribution in [-0.2, 0) is 14.3 Å². The summed E-state index contributed by atoms with van der Waals surface area (Å²) in [7, 11) is 1.80. The molecule has 0 aromatic carbocycles. The highest BCUT2D eigenvalue weighted by Gasteiger charge is 2.32. The van der Waals surface area contributed by atoms with Gasteiger partial charge in [0.1, 0.15) is 5.54 Å². The van der Waals surface area contributed by atoms with Gasteiger partial charge in [0.2, 0.25) is 0 Å². The van der Waals surface area contributed by atoms with E-state index >= 15 is 0 Å². The molecule has 0 aromatic heterocycles. The highest BCUT2D eigenvalue weighted by atomic mass is 16.5. The lowest BCUT2D eigenvalue weighted by Gasteiger charge is -2.26. The minimum atomic E-state index is -0.584. The second kappa shape index (κ2) is 10.2. The molecule has 1 N–H and O–H groups in total. The molecule has 0 aliphatic heterocycles. The average molecular weight is 287 g/mol. The molecule has 4 nitrogen and oxygen atoms in total. The van der Waals surface area contributed by atoms with Gasteiger partial charge >= 0.3 is 5.97 Å². The van der Waals surface area contributed by atoms with E-state index in [2.05, 4.69) is 26.1 Å². The number of carbonyl (C=O) groups excluding carboxylic acids is 1. The third kappa shape index (κ3) is 7.85. The Hall–Kier alpha value is -0.610. The molecule has 0 radical (unpaired) electrons. The summed E-state index contributed by atoms with van der Waals surface area (Å²) < 4.78 is 10.9. The first-order chi connectivity index (χ1) is 9.35. The second-order valence-electron chi connectivity index (χ2n) is 6.07. The zero-order valence-electron chi connectivity index (χ0n) is 14.1. The van der Waals surface area contributed by atoms with Gasteiger partial charge in [-0.25, -0.2) is 0 Å². The van der Waals surface area contributed by atoms with Crippen molar-refractivity contribution in [1.29, 1.82) is 0 Å². The van der Waals surface area contributed by atoms with Gasteiger partial charge in [-0.1, -0.05) is 13.8 Å². The fourth-order valence-electron chi connectivity index (χ4n) is 2.22. The molecule has 2 atom stereocenters. The number of hydrogen-bond acceptors (Lipinski definition) is 4. The maximum absolute atomic E-state index is 11.9. The third-order valence-electron chi connectivity index (χ3n) is 3.55. The summed E-state index contributed by atoms with van der Waals surface area (Å²) in [5.41, 5.74) is -0.584. The van der Waals surface area contributed by atoms with Gasteiger partial charge in [0, 0.05) is 6.61 Å². The van der Waals surface area contributed by atoms with Gasteiger partial charge in [-0.2, -0.15) is 0 Å². The molecular formula is C16H33NO3. The summed E-state index contributed by atoms with van der Waals surface area (Å²) in [6, 6.07) is 0. The summed E-state index contributed by atoms with van der Waals surface area (Å²) >= 11 is 0. The van der Waals surface area contributed by atoms with Crippen LogP contribution in [0, 0.1) is 5.92 Å². The fraction of sp³-hybridized carbons (Fsp3) is 0.938. The van der Waals surface area contributed by atoms with Gasteiger partial charge in [-0.3, -0.25) is 4.79 Å². The minimum absolute atomic E-state index is 0.170. The number of nitrogens with one attached hydrogen (secondary N) is 1. The van der Waals surface area contributed by atoms with E-state index in [1.165, 1.54) is 0 Å². The number of esters is 1. The molecule has 0 spiro atoms. The Kier molecular flexibility index (Phi) is 9.86. The van der Waals surface area contributed by atoms with Gasteiger partial charge in [0.15, 0.2) is 0 Å². The Morgan fingerprint density at radius 2 is 1.90 bits per heavy atom. The quantitative estimate of drug-likeness (QED) is 0.468. The third-order valence-corrected chi connectivity index (χ3v) is 3.55. The van der Waals surface area contributed by atoms with Crippen LogP contribution in [0.25, 0.3) is 0 Å². The molecule has 0 bridgehead atoms. The van der Waals surface area contributed by atoms with Gasteiger partial charge < -0.3 is 14.8 Å². The van der Waals surface area contributed by atoms with Crippen molar-refractivity contribution in [3.05, 3.63) is 0 Å². The number of likely N-dealkylation sites (N-methyl/N-ethyl adjacent to an activating group) is 1. The molecular weight excluding hydrogens is 254 g/mol. The molecule has 0 saturated heterocycles. The predicted octanol–water partition coefficient (Wildman–Crippen LogP) is 3.15. The molecule has 0 aliphatic carbocycles. The Morgan fingerprint density at radius 3 is 2.40 bits per heavy atom. The van der Waals surface area contributed by atoms with Crippen molar-refractivity contribution < 1.29 is 14.3 Å². The van der Waals surface area contributed by atoms with Gasteiger partial charge in [0.25, 0.3) is 0 Å². The Balaban J connectivity index is 3.88. The van der Waals surface area contributed by atoms with E-state index in [0.717, 1.165) is 32.3 Å². The van der Waals surface area contributed by atoms with E-state index in [9.17, 15) is 4.79 Å². The maximum Gasteiger partial charge on any atom is 0.326 e. The van der Waals surface area contributed by atoms with Crippen LogP contribution < -0.4 is 5.32 Å². The number of carbonyl (C=O) groups is 1. The van der Waals surface area contributed by atoms with E-state index < -0.39 is 5.54 Å². The van der Waals surface area contributed by atoms with Gasteiger partial charge in [-0.05, 0) is 59.4 Å². The lowest BCUT2D eigenvalue weighted by atomic mass is 9.95. The fourth-order valence-corrected chi connectivity index (χ4v) is 2.22. The molecule has 4 heteroatoms. The van der Waals surface area contributed by atoms with E-state index in [1.54, 1.807) is 7.05 Å². The molecule has 0 amide bonds. The number of hydrogen-bond donors (Lipinski definition) is 1. The van der Waals surface area contributed by atoms with Gasteiger partial charge in [-0.15, -0.1) is 0 Å². The lowest BCUT2D eigenvalue weighted by molar-refractivity contribution is -0.150. The Labute approximate surface area is 124 Å². The topological polar surface area (TPSA) is 47.6 Å². The molecule has 0 aromatic rings. The number of rotatable bonds is 11. The van der Waals surface area contributed by atoms with Gasteiger partial charge in [0.05, 0.1) is 12.7 Å². The van der Waals surface area contributed by atoms with Crippen LogP contribution in [0.2, 0.25) is 0 Å². The van der Waals surface area contributed by atoms with Crippen molar-refractivity contribution in [1.82, 2.24) is 5.32 Å². The summed E-state index contributed by atoms with van der Waals surface area (Å²) in [5, 5.41) is 3.07. The van der Waals surface area contributed by atoms with Crippen LogP contribution in [0.4, 0.5) is 0 Å². The maximum atomic E-state index is 11.9. The highest BCUT2D eigenvalue weighted by Crippen LogP contribution is 2.16. The zero-order valence-corrected chi connectivity index (χ0v) is 14.1. The van der Waals surface area contributed by atoms with Crippen LogP contribution in [0.5, 0.6) is 0 Å². The SMILES string of the molecule is CCOC(=O)C(C)(CCCCOC(C)CC(C)C)NC. The van der Waals surface area contributed by atoms with E-state index in [1.807, 2.05) is 13.8 Å².